The molecule has 0 aliphatic rings. The molecule has 0 amide bonds. The number of benzene rings is 2. The molecule has 2 nitrogen and oxygen atoms in total. The van der Waals surface area contributed by atoms with Crippen molar-refractivity contribution in [3.8, 4) is 0 Å². The van der Waals surface area contributed by atoms with Crippen LogP contribution in [0.3, 0.4) is 0 Å². The molecule has 0 bridgehead atoms. The van der Waals surface area contributed by atoms with Crippen molar-refractivity contribution in [3.63, 3.8) is 0 Å². The molecule has 6 aromatic rings. The predicted molar refractivity (Wildman–Crippen MR) is 105 cm³/mol. The average Bonchev–Trinajstić information content (AvgIpc) is 2.70. The number of aromatic nitrogens is 2. The second-order valence-electron chi connectivity index (χ2n) is 6.84. The van der Waals surface area contributed by atoms with Crippen LogP contribution < -0.4 is 8.80 Å². The van der Waals surface area contributed by atoms with E-state index in [9.17, 15) is 0 Å². The monoisotopic (exact) mass is 332 g/mol. The van der Waals surface area contributed by atoms with Crippen LogP contribution in [0.1, 0.15) is 0 Å². The van der Waals surface area contributed by atoms with E-state index in [1.165, 1.54) is 43.4 Å². The summed E-state index contributed by atoms with van der Waals surface area (Å²) in [7, 11) is 0. The van der Waals surface area contributed by atoms with E-state index in [1.807, 2.05) is 0 Å². The zero-order valence-corrected chi connectivity index (χ0v) is 14.1. The number of hydrogen-bond acceptors (Lipinski definition) is 0. The van der Waals surface area contributed by atoms with Crippen molar-refractivity contribution in [2.45, 2.75) is 0 Å². The van der Waals surface area contributed by atoms with Gasteiger partial charge in [-0.2, -0.15) is 8.80 Å². The van der Waals surface area contributed by atoms with Gasteiger partial charge in [-0.3, -0.25) is 0 Å². The summed E-state index contributed by atoms with van der Waals surface area (Å²) in [5, 5.41) is 7.72. The van der Waals surface area contributed by atoms with Crippen molar-refractivity contribution in [3.05, 3.63) is 97.6 Å². The van der Waals surface area contributed by atoms with E-state index in [2.05, 4.69) is 106 Å². The van der Waals surface area contributed by atoms with Crippen LogP contribution in [0.4, 0.5) is 0 Å². The second-order valence-corrected chi connectivity index (χ2v) is 6.84. The van der Waals surface area contributed by atoms with Crippen molar-refractivity contribution >= 4 is 43.4 Å². The summed E-state index contributed by atoms with van der Waals surface area (Å²) in [4.78, 5) is 0. The predicted octanol–water partition coefficient (Wildman–Crippen LogP) is 4.62. The Labute approximate surface area is 150 Å². The number of nitrogens with zero attached hydrogens (tertiary/aromatic N) is 2. The Hall–Kier alpha value is -3.52. The Kier molecular flexibility index (Phi) is 2.64. The first-order valence-electron chi connectivity index (χ1n) is 8.86. The van der Waals surface area contributed by atoms with E-state index >= 15 is 0 Å². The Morgan fingerprint density at radius 1 is 0.462 bits per heavy atom. The van der Waals surface area contributed by atoms with Gasteiger partial charge in [0.05, 0.1) is 5.39 Å². The fraction of sp³-hybridized carbons (Fsp3) is 0. The molecule has 0 radical (unpaired) electrons. The lowest BCUT2D eigenvalue weighted by molar-refractivity contribution is -0.510. The van der Waals surface area contributed by atoms with E-state index in [0.717, 1.165) is 0 Å². The third-order valence-electron chi connectivity index (χ3n) is 5.34. The Morgan fingerprint density at radius 2 is 1.12 bits per heavy atom. The average molecular weight is 332 g/mol. The highest BCUT2D eigenvalue weighted by Gasteiger charge is 2.12. The molecule has 0 atom stereocenters. The number of hydrogen-bond donors (Lipinski definition) is 0. The Balaban J connectivity index is 1.80. The molecule has 2 aromatic carbocycles. The summed E-state index contributed by atoms with van der Waals surface area (Å²) in [5.41, 5.74) is 2.42. The molecule has 26 heavy (non-hydrogen) atoms. The number of pyridine rings is 4. The molecule has 0 saturated heterocycles. The van der Waals surface area contributed by atoms with Crippen molar-refractivity contribution in [1.82, 2.24) is 0 Å². The number of fused-ring (bicyclic) bond motifs is 7. The normalized spacial score (nSPS) is 11.8. The summed E-state index contributed by atoms with van der Waals surface area (Å²) in [6.45, 7) is 0. The van der Waals surface area contributed by atoms with Gasteiger partial charge in [-0.25, -0.2) is 0 Å². The standard InChI is InChI=1S/C24H16N2/c1-4-12-26-16-24-17(13-19(26)5-1)7-9-21-22(24)10-8-18-15-25-11-3-2-6-20(25)14-23(18)21/h1-16H/q+2. The van der Waals surface area contributed by atoms with Crippen LogP contribution in [-0.2, 0) is 0 Å². The third-order valence-corrected chi connectivity index (χ3v) is 5.34. The molecular weight excluding hydrogens is 316 g/mol. The fourth-order valence-electron chi connectivity index (χ4n) is 4.04. The van der Waals surface area contributed by atoms with Gasteiger partial charge in [0.1, 0.15) is 0 Å². The number of rotatable bonds is 0. The van der Waals surface area contributed by atoms with Gasteiger partial charge < -0.3 is 0 Å². The molecule has 0 fully saturated rings. The van der Waals surface area contributed by atoms with Gasteiger partial charge in [0, 0.05) is 47.2 Å². The summed E-state index contributed by atoms with van der Waals surface area (Å²) >= 11 is 0. The van der Waals surface area contributed by atoms with Gasteiger partial charge in [-0.15, -0.1) is 0 Å². The topological polar surface area (TPSA) is 8.20 Å². The molecule has 0 N–H and O–H groups in total. The van der Waals surface area contributed by atoms with Gasteiger partial charge in [-0.05, 0) is 34.4 Å². The van der Waals surface area contributed by atoms with Crippen LogP contribution in [0.15, 0.2) is 97.6 Å². The van der Waals surface area contributed by atoms with Crippen molar-refractivity contribution in [1.29, 1.82) is 0 Å². The van der Waals surface area contributed by atoms with E-state index < -0.39 is 0 Å². The van der Waals surface area contributed by atoms with Crippen LogP contribution in [0.5, 0.6) is 0 Å². The molecular formula is C24H16N2+2. The highest BCUT2D eigenvalue weighted by Crippen LogP contribution is 2.31. The maximum atomic E-state index is 2.29. The van der Waals surface area contributed by atoms with Gasteiger partial charge in [0.15, 0.2) is 24.8 Å². The highest BCUT2D eigenvalue weighted by atomic mass is 14.8. The molecule has 0 aliphatic heterocycles. The smallest absolute Gasteiger partial charge is 0.167 e. The molecule has 6 rings (SSSR count). The molecule has 4 heterocycles. The first kappa shape index (κ1) is 13.7. The molecule has 0 saturated carbocycles. The van der Waals surface area contributed by atoms with Crippen molar-refractivity contribution in [2.24, 2.45) is 0 Å². The zero-order chi connectivity index (χ0) is 17.1. The Bertz CT molecular complexity index is 1370. The maximum absolute atomic E-state index is 2.29. The fourth-order valence-corrected chi connectivity index (χ4v) is 4.04. The summed E-state index contributed by atoms with van der Waals surface area (Å²) in [6, 6.07) is 26.1. The van der Waals surface area contributed by atoms with Gasteiger partial charge in [-0.1, -0.05) is 18.2 Å². The van der Waals surface area contributed by atoms with Crippen LogP contribution in [0, 0.1) is 0 Å². The first-order valence-corrected chi connectivity index (χ1v) is 8.86. The molecule has 0 unspecified atom stereocenters. The van der Waals surface area contributed by atoms with Gasteiger partial charge in [0.25, 0.3) is 0 Å². The highest BCUT2D eigenvalue weighted by molar-refractivity contribution is 6.17. The summed E-state index contributed by atoms with van der Waals surface area (Å²) < 4.78 is 4.38. The van der Waals surface area contributed by atoms with E-state index in [0.29, 0.717) is 0 Å². The lowest BCUT2D eigenvalue weighted by Gasteiger charge is -2.06. The third kappa shape index (κ3) is 1.87. The molecule has 4 aromatic heterocycles. The summed E-state index contributed by atoms with van der Waals surface area (Å²) in [5.74, 6) is 0. The Morgan fingerprint density at radius 3 is 1.92 bits per heavy atom. The van der Waals surface area contributed by atoms with E-state index in [-0.39, 0.29) is 0 Å². The maximum Gasteiger partial charge on any atom is 0.211 e. The second kappa shape index (κ2) is 4.99. The lowest BCUT2D eigenvalue weighted by atomic mass is 9.98. The minimum Gasteiger partial charge on any atom is -0.167 e. The van der Waals surface area contributed by atoms with Gasteiger partial charge >= 0.3 is 0 Å². The minimum atomic E-state index is 1.21. The van der Waals surface area contributed by atoms with Gasteiger partial charge in [0.2, 0.25) is 11.0 Å². The molecule has 120 valence electrons. The molecule has 0 aliphatic carbocycles. The molecule has 0 spiro atoms. The van der Waals surface area contributed by atoms with Crippen LogP contribution in [0.25, 0.3) is 43.4 Å². The minimum absolute atomic E-state index is 1.21. The zero-order valence-electron chi connectivity index (χ0n) is 14.1. The lowest BCUT2D eigenvalue weighted by Crippen LogP contribution is -2.20. The van der Waals surface area contributed by atoms with E-state index in [1.54, 1.807) is 0 Å². The quantitative estimate of drug-likeness (QED) is 0.218. The summed E-state index contributed by atoms with van der Waals surface area (Å²) in [6.07, 6.45) is 8.67. The SMILES string of the molecule is c1cc[n+]2cc3ccc4c5c[n+]6ccccc6cc5ccc4c3cc2c1. The van der Waals surface area contributed by atoms with Crippen LogP contribution in [-0.4, -0.2) is 0 Å². The van der Waals surface area contributed by atoms with Crippen LogP contribution >= 0.6 is 0 Å². The molecule has 2 heteroatoms. The van der Waals surface area contributed by atoms with E-state index in [4.69, 9.17) is 0 Å². The van der Waals surface area contributed by atoms with Crippen LogP contribution in [0.2, 0.25) is 0 Å². The van der Waals surface area contributed by atoms with Crippen molar-refractivity contribution in [2.75, 3.05) is 0 Å². The first-order chi connectivity index (χ1) is 12.9. The van der Waals surface area contributed by atoms with Crippen molar-refractivity contribution < 1.29 is 8.80 Å². The largest absolute Gasteiger partial charge is 0.211 e.